The Morgan fingerprint density at radius 1 is 1.31 bits per heavy atom. The molecule has 0 aliphatic carbocycles. The first kappa shape index (κ1) is 19.2. The zero-order valence-corrected chi connectivity index (χ0v) is 16.8. The van der Waals surface area contributed by atoms with Crippen molar-refractivity contribution in [3.05, 3.63) is 45.2 Å². The number of benzene rings is 1. The Hall–Kier alpha value is -1.56. The topological polar surface area (TPSA) is 64.2 Å². The molecular formula is C19H24Cl2N4O. The van der Waals surface area contributed by atoms with Crippen LogP contribution in [0.1, 0.15) is 30.3 Å². The van der Waals surface area contributed by atoms with E-state index in [1.54, 1.807) is 12.1 Å². The maximum absolute atomic E-state index is 12.8. The number of amides is 1. The highest BCUT2D eigenvalue weighted by atomic mass is 35.5. The van der Waals surface area contributed by atoms with Crippen molar-refractivity contribution in [1.29, 1.82) is 0 Å². The highest BCUT2D eigenvalue weighted by molar-refractivity contribution is 6.42. The lowest BCUT2D eigenvalue weighted by Gasteiger charge is -2.21. The van der Waals surface area contributed by atoms with Crippen molar-refractivity contribution in [1.82, 2.24) is 14.7 Å². The van der Waals surface area contributed by atoms with E-state index in [1.165, 1.54) is 0 Å². The van der Waals surface area contributed by atoms with Crippen molar-refractivity contribution in [2.75, 3.05) is 13.1 Å². The number of nitrogens with zero attached hydrogens (tertiary/aromatic N) is 3. The van der Waals surface area contributed by atoms with Crippen LogP contribution in [0.3, 0.4) is 0 Å². The summed E-state index contributed by atoms with van der Waals surface area (Å²) in [6, 6.07) is 5.64. The van der Waals surface area contributed by atoms with E-state index >= 15 is 0 Å². The van der Waals surface area contributed by atoms with Crippen molar-refractivity contribution >= 4 is 29.1 Å². The van der Waals surface area contributed by atoms with Gasteiger partial charge in [-0.3, -0.25) is 4.79 Å². The molecule has 3 rings (SSSR count). The summed E-state index contributed by atoms with van der Waals surface area (Å²) < 4.78 is 1.82. The molecule has 2 atom stereocenters. The maximum atomic E-state index is 12.8. The molecule has 26 heavy (non-hydrogen) atoms. The minimum Gasteiger partial charge on any atom is -0.339 e. The van der Waals surface area contributed by atoms with Gasteiger partial charge in [-0.15, -0.1) is 0 Å². The van der Waals surface area contributed by atoms with Gasteiger partial charge in [0.05, 0.1) is 27.8 Å². The summed E-state index contributed by atoms with van der Waals surface area (Å²) in [6.45, 7) is 7.37. The number of aryl methyl sites for hydroxylation is 1. The first-order chi connectivity index (χ1) is 12.3. The van der Waals surface area contributed by atoms with Gasteiger partial charge in [-0.05, 0) is 57.9 Å². The highest BCUT2D eigenvalue weighted by Gasteiger charge is 2.32. The van der Waals surface area contributed by atoms with E-state index in [0.717, 1.165) is 35.6 Å². The molecule has 0 radical (unpaired) electrons. The molecule has 1 amide bonds. The Bertz CT molecular complexity index is 833. The molecule has 1 aromatic heterocycles. The predicted octanol–water partition coefficient (Wildman–Crippen LogP) is 3.53. The number of halogens is 2. The smallest absolute Gasteiger partial charge is 0.227 e. The number of carbonyl (C=O) groups is 1. The van der Waals surface area contributed by atoms with Crippen molar-refractivity contribution in [3.8, 4) is 5.69 Å². The molecule has 0 bridgehead atoms. The van der Waals surface area contributed by atoms with Crippen LogP contribution in [0.25, 0.3) is 5.69 Å². The molecule has 7 heteroatoms. The van der Waals surface area contributed by atoms with Gasteiger partial charge in [0, 0.05) is 23.8 Å². The van der Waals surface area contributed by atoms with Crippen molar-refractivity contribution in [2.24, 2.45) is 11.7 Å². The normalized spacial score (nSPS) is 20.0. The minimum absolute atomic E-state index is 0.133. The Balaban J connectivity index is 1.84. The number of aromatic nitrogens is 2. The summed E-state index contributed by atoms with van der Waals surface area (Å²) in [5.41, 5.74) is 9.36. The van der Waals surface area contributed by atoms with Gasteiger partial charge < -0.3 is 10.6 Å². The second kappa shape index (κ2) is 7.59. The summed E-state index contributed by atoms with van der Waals surface area (Å²) in [5.74, 6) is 0.531. The number of rotatable bonds is 4. The third-order valence-electron chi connectivity index (χ3n) is 5.23. The van der Waals surface area contributed by atoms with Crippen LogP contribution in [0.2, 0.25) is 10.0 Å². The lowest BCUT2D eigenvalue weighted by Crippen LogP contribution is -2.35. The van der Waals surface area contributed by atoms with Crippen LogP contribution >= 0.6 is 23.2 Å². The number of carbonyl (C=O) groups excluding carboxylic acids is 1. The molecule has 140 valence electrons. The Morgan fingerprint density at radius 3 is 2.65 bits per heavy atom. The van der Waals surface area contributed by atoms with Crippen LogP contribution in [-0.2, 0) is 11.2 Å². The monoisotopic (exact) mass is 394 g/mol. The quantitative estimate of drug-likeness (QED) is 0.862. The van der Waals surface area contributed by atoms with E-state index in [0.29, 0.717) is 28.9 Å². The lowest BCUT2D eigenvalue weighted by molar-refractivity contribution is -0.131. The zero-order valence-electron chi connectivity index (χ0n) is 15.3. The predicted molar refractivity (Wildman–Crippen MR) is 105 cm³/mol. The van der Waals surface area contributed by atoms with Crippen LogP contribution in [0.5, 0.6) is 0 Å². The molecule has 1 aliphatic heterocycles. The number of hydrogen-bond donors (Lipinski definition) is 1. The zero-order chi connectivity index (χ0) is 19.0. The molecule has 1 aliphatic rings. The van der Waals surface area contributed by atoms with E-state index in [9.17, 15) is 4.79 Å². The maximum Gasteiger partial charge on any atom is 0.227 e. The van der Waals surface area contributed by atoms with E-state index in [4.69, 9.17) is 28.9 Å². The van der Waals surface area contributed by atoms with Gasteiger partial charge in [0.15, 0.2) is 0 Å². The first-order valence-electron chi connectivity index (χ1n) is 8.81. The fourth-order valence-electron chi connectivity index (χ4n) is 3.71. The second-order valence-corrected chi connectivity index (χ2v) is 7.88. The minimum atomic E-state index is 0.133. The molecule has 5 nitrogen and oxygen atoms in total. The Labute approximate surface area is 164 Å². The summed E-state index contributed by atoms with van der Waals surface area (Å²) in [7, 11) is 0. The van der Waals surface area contributed by atoms with Gasteiger partial charge in [-0.1, -0.05) is 23.2 Å². The SMILES string of the molecule is Cc1nn(-c2ccc(Cl)c(Cl)c2)c(C)c1CC(=O)N1CC(CN)CC1C. The molecular weight excluding hydrogens is 371 g/mol. The fraction of sp³-hybridized carbons (Fsp3) is 0.474. The summed E-state index contributed by atoms with van der Waals surface area (Å²) in [6.07, 6.45) is 1.32. The van der Waals surface area contributed by atoms with Crippen LogP contribution in [0.15, 0.2) is 18.2 Å². The molecule has 2 heterocycles. The van der Waals surface area contributed by atoms with E-state index in [-0.39, 0.29) is 11.9 Å². The summed E-state index contributed by atoms with van der Waals surface area (Å²) in [4.78, 5) is 14.8. The first-order valence-corrected chi connectivity index (χ1v) is 9.57. The molecule has 2 unspecified atom stereocenters. The van der Waals surface area contributed by atoms with Gasteiger partial charge in [0.25, 0.3) is 0 Å². The molecule has 0 spiro atoms. The molecule has 1 aromatic carbocycles. The van der Waals surface area contributed by atoms with E-state index < -0.39 is 0 Å². The second-order valence-electron chi connectivity index (χ2n) is 7.07. The van der Waals surface area contributed by atoms with Crippen LogP contribution in [-0.4, -0.2) is 39.7 Å². The fourth-order valence-corrected chi connectivity index (χ4v) is 4.00. The van der Waals surface area contributed by atoms with Gasteiger partial charge in [-0.2, -0.15) is 5.10 Å². The highest BCUT2D eigenvalue weighted by Crippen LogP contribution is 2.27. The third-order valence-corrected chi connectivity index (χ3v) is 5.97. The number of likely N-dealkylation sites (tertiary alicyclic amines) is 1. The van der Waals surface area contributed by atoms with Crippen molar-refractivity contribution in [2.45, 2.75) is 39.7 Å². The molecule has 1 saturated heterocycles. The van der Waals surface area contributed by atoms with Crippen LogP contribution in [0.4, 0.5) is 0 Å². The van der Waals surface area contributed by atoms with Crippen molar-refractivity contribution in [3.63, 3.8) is 0 Å². The molecule has 2 aromatic rings. The van der Waals surface area contributed by atoms with Gasteiger partial charge in [0.2, 0.25) is 5.91 Å². The van der Waals surface area contributed by atoms with Crippen molar-refractivity contribution < 1.29 is 4.79 Å². The summed E-state index contributed by atoms with van der Waals surface area (Å²) >= 11 is 12.1. The number of nitrogens with two attached hydrogens (primary N) is 1. The Morgan fingerprint density at radius 2 is 2.04 bits per heavy atom. The van der Waals surface area contributed by atoms with E-state index in [1.807, 2.05) is 29.5 Å². The average Bonchev–Trinajstić information content (AvgIpc) is 3.12. The van der Waals surface area contributed by atoms with Crippen LogP contribution < -0.4 is 5.73 Å². The van der Waals surface area contributed by atoms with Gasteiger partial charge in [-0.25, -0.2) is 4.68 Å². The van der Waals surface area contributed by atoms with Crippen LogP contribution in [0, 0.1) is 19.8 Å². The average molecular weight is 395 g/mol. The third kappa shape index (κ3) is 3.61. The molecule has 0 saturated carbocycles. The Kier molecular flexibility index (Phi) is 5.61. The summed E-state index contributed by atoms with van der Waals surface area (Å²) in [5, 5.41) is 5.59. The van der Waals surface area contributed by atoms with E-state index in [2.05, 4.69) is 12.0 Å². The number of hydrogen-bond acceptors (Lipinski definition) is 3. The van der Waals surface area contributed by atoms with Gasteiger partial charge >= 0.3 is 0 Å². The molecule has 2 N–H and O–H groups in total. The lowest BCUT2D eigenvalue weighted by atomic mass is 10.1. The standard InChI is InChI=1S/C19H24Cl2N4O/c1-11-6-14(9-22)10-24(11)19(26)8-16-12(2)23-25(13(16)3)15-4-5-17(20)18(21)7-15/h4-5,7,11,14H,6,8-10,22H2,1-3H3. The van der Waals surface area contributed by atoms with Gasteiger partial charge in [0.1, 0.15) is 0 Å². The molecule has 1 fully saturated rings. The largest absolute Gasteiger partial charge is 0.339 e.